The van der Waals surface area contributed by atoms with Crippen LogP contribution in [0.3, 0.4) is 0 Å². The first kappa shape index (κ1) is 15.4. The Kier molecular flexibility index (Phi) is 5.28. The minimum atomic E-state index is -0.286. The van der Waals surface area contributed by atoms with Gasteiger partial charge >= 0.3 is 0 Å². The molecule has 2 rings (SSSR count). The third kappa shape index (κ3) is 4.83. The lowest BCUT2D eigenvalue weighted by Crippen LogP contribution is -2.24. The predicted molar refractivity (Wildman–Crippen MR) is 86.1 cm³/mol. The van der Waals surface area contributed by atoms with E-state index in [1.165, 1.54) is 18.2 Å². The number of hydrogen-bond acceptors (Lipinski definition) is 1. The Bertz CT molecular complexity index is 635. The number of halogens is 2. The molecule has 0 radical (unpaired) electrons. The lowest BCUT2D eigenvalue weighted by molar-refractivity contribution is -0.125. The summed E-state index contributed by atoms with van der Waals surface area (Å²) in [6.45, 7) is 0.542. The summed E-state index contributed by atoms with van der Waals surface area (Å²) in [5.41, 5.74) is 1.85. The average molecular weight is 348 g/mol. The van der Waals surface area contributed by atoms with Crippen LogP contribution in [0.15, 0.2) is 59.1 Å². The van der Waals surface area contributed by atoms with Gasteiger partial charge in [-0.2, -0.15) is 0 Å². The van der Waals surface area contributed by atoms with Gasteiger partial charge in [0.05, 0.1) is 0 Å². The molecule has 0 N–H and O–H groups in total. The molecule has 0 saturated heterocycles. The first-order valence-corrected chi connectivity index (χ1v) is 7.27. The maximum atomic E-state index is 12.8. The van der Waals surface area contributed by atoms with Crippen molar-refractivity contribution in [2.45, 2.75) is 6.54 Å². The fourth-order valence-electron chi connectivity index (χ4n) is 1.81. The van der Waals surface area contributed by atoms with Crippen molar-refractivity contribution in [3.8, 4) is 0 Å². The monoisotopic (exact) mass is 347 g/mol. The van der Waals surface area contributed by atoms with Crippen LogP contribution in [0.1, 0.15) is 11.1 Å². The number of carbonyl (C=O) groups is 1. The second kappa shape index (κ2) is 7.18. The molecule has 0 fully saturated rings. The van der Waals surface area contributed by atoms with Crippen molar-refractivity contribution in [1.82, 2.24) is 4.90 Å². The smallest absolute Gasteiger partial charge is 0.246 e. The first-order valence-electron chi connectivity index (χ1n) is 6.48. The SMILES string of the molecule is CN(Cc1ccc(Br)cc1)C(=O)C=Cc1ccc(F)cc1. The maximum Gasteiger partial charge on any atom is 0.246 e. The Hall–Kier alpha value is -1.94. The summed E-state index contributed by atoms with van der Waals surface area (Å²) in [5.74, 6) is -0.381. The predicted octanol–water partition coefficient (Wildman–Crippen LogP) is 4.26. The molecule has 0 unspecified atom stereocenters. The van der Waals surface area contributed by atoms with Gasteiger partial charge in [0.1, 0.15) is 5.82 Å². The quantitative estimate of drug-likeness (QED) is 0.756. The van der Waals surface area contributed by atoms with Crippen LogP contribution in [0.25, 0.3) is 6.08 Å². The molecule has 0 spiro atoms. The van der Waals surface area contributed by atoms with E-state index < -0.39 is 0 Å². The fourth-order valence-corrected chi connectivity index (χ4v) is 2.07. The van der Waals surface area contributed by atoms with E-state index in [1.54, 1.807) is 30.2 Å². The van der Waals surface area contributed by atoms with E-state index in [0.717, 1.165) is 15.6 Å². The molecule has 0 saturated carbocycles. The topological polar surface area (TPSA) is 20.3 Å². The molecule has 108 valence electrons. The molecule has 0 aliphatic carbocycles. The minimum Gasteiger partial charge on any atom is -0.338 e. The van der Waals surface area contributed by atoms with E-state index in [2.05, 4.69) is 15.9 Å². The van der Waals surface area contributed by atoms with Crippen molar-refractivity contribution >= 4 is 27.9 Å². The van der Waals surface area contributed by atoms with Crippen molar-refractivity contribution in [2.75, 3.05) is 7.05 Å². The van der Waals surface area contributed by atoms with Crippen LogP contribution in [0.4, 0.5) is 4.39 Å². The molecule has 0 heterocycles. The van der Waals surface area contributed by atoms with Crippen LogP contribution >= 0.6 is 15.9 Å². The van der Waals surface area contributed by atoms with Gasteiger partial charge in [0, 0.05) is 24.1 Å². The molecule has 2 nitrogen and oxygen atoms in total. The Morgan fingerprint density at radius 2 is 1.76 bits per heavy atom. The molecular formula is C17H15BrFNO. The van der Waals surface area contributed by atoms with Gasteiger partial charge in [-0.3, -0.25) is 4.79 Å². The van der Waals surface area contributed by atoms with Gasteiger partial charge in [0.25, 0.3) is 0 Å². The molecule has 0 aliphatic rings. The lowest BCUT2D eigenvalue weighted by Gasteiger charge is -2.15. The van der Waals surface area contributed by atoms with Crippen molar-refractivity contribution in [2.24, 2.45) is 0 Å². The zero-order valence-electron chi connectivity index (χ0n) is 11.6. The summed E-state index contributed by atoms with van der Waals surface area (Å²) in [6.07, 6.45) is 3.17. The highest BCUT2D eigenvalue weighted by atomic mass is 79.9. The van der Waals surface area contributed by atoms with Crippen LogP contribution in [-0.4, -0.2) is 17.9 Å². The molecule has 21 heavy (non-hydrogen) atoms. The summed E-state index contributed by atoms with van der Waals surface area (Å²) in [4.78, 5) is 13.6. The number of hydrogen-bond donors (Lipinski definition) is 0. The number of amides is 1. The van der Waals surface area contributed by atoms with Crippen molar-refractivity contribution < 1.29 is 9.18 Å². The minimum absolute atomic E-state index is 0.0951. The lowest BCUT2D eigenvalue weighted by atomic mass is 10.2. The molecule has 2 aromatic carbocycles. The average Bonchev–Trinajstić information content (AvgIpc) is 2.48. The first-order chi connectivity index (χ1) is 10.0. The Morgan fingerprint density at radius 3 is 2.38 bits per heavy atom. The van der Waals surface area contributed by atoms with Gasteiger partial charge in [-0.05, 0) is 41.5 Å². The standard InChI is InChI=1S/C17H15BrFNO/c1-20(12-14-2-7-15(18)8-3-14)17(21)11-6-13-4-9-16(19)10-5-13/h2-11H,12H2,1H3. The zero-order chi connectivity index (χ0) is 15.2. The highest BCUT2D eigenvalue weighted by molar-refractivity contribution is 9.10. The summed E-state index contributed by atoms with van der Waals surface area (Å²) in [7, 11) is 1.75. The van der Waals surface area contributed by atoms with Gasteiger partial charge in [0.2, 0.25) is 5.91 Å². The van der Waals surface area contributed by atoms with E-state index in [-0.39, 0.29) is 11.7 Å². The Labute approximate surface area is 132 Å². The normalized spacial score (nSPS) is 10.8. The Balaban J connectivity index is 1.96. The zero-order valence-corrected chi connectivity index (χ0v) is 13.2. The second-order valence-corrected chi connectivity index (χ2v) is 5.62. The van der Waals surface area contributed by atoms with Crippen LogP contribution in [0, 0.1) is 5.82 Å². The van der Waals surface area contributed by atoms with Crippen molar-refractivity contribution in [1.29, 1.82) is 0 Å². The van der Waals surface area contributed by atoms with Gasteiger partial charge in [-0.1, -0.05) is 40.2 Å². The van der Waals surface area contributed by atoms with Crippen molar-refractivity contribution in [3.05, 3.63) is 76.0 Å². The van der Waals surface area contributed by atoms with Crippen LogP contribution in [-0.2, 0) is 11.3 Å². The highest BCUT2D eigenvalue weighted by Crippen LogP contribution is 2.12. The van der Waals surface area contributed by atoms with Crippen LogP contribution < -0.4 is 0 Å². The molecule has 0 bridgehead atoms. The number of nitrogens with zero attached hydrogens (tertiary/aromatic N) is 1. The van der Waals surface area contributed by atoms with Crippen LogP contribution in [0.5, 0.6) is 0 Å². The number of carbonyl (C=O) groups excluding carboxylic acids is 1. The molecule has 2 aromatic rings. The third-order valence-electron chi connectivity index (χ3n) is 3.00. The molecule has 0 aromatic heterocycles. The number of rotatable bonds is 4. The summed E-state index contributed by atoms with van der Waals surface area (Å²) in [6, 6.07) is 13.8. The molecule has 0 atom stereocenters. The Morgan fingerprint density at radius 1 is 1.14 bits per heavy atom. The van der Waals surface area contributed by atoms with Gasteiger partial charge in [-0.25, -0.2) is 4.39 Å². The summed E-state index contributed by atoms with van der Waals surface area (Å²) in [5, 5.41) is 0. The van der Waals surface area contributed by atoms with E-state index in [1.807, 2.05) is 24.3 Å². The second-order valence-electron chi connectivity index (χ2n) is 4.71. The third-order valence-corrected chi connectivity index (χ3v) is 3.53. The van der Waals surface area contributed by atoms with Crippen LogP contribution in [0.2, 0.25) is 0 Å². The summed E-state index contributed by atoms with van der Waals surface area (Å²) < 4.78 is 13.8. The number of benzene rings is 2. The van der Waals surface area contributed by atoms with E-state index in [0.29, 0.717) is 6.54 Å². The number of likely N-dealkylation sites (N-methyl/N-ethyl adjacent to an activating group) is 1. The molecule has 4 heteroatoms. The van der Waals surface area contributed by atoms with E-state index in [4.69, 9.17) is 0 Å². The summed E-state index contributed by atoms with van der Waals surface area (Å²) >= 11 is 3.38. The fraction of sp³-hybridized carbons (Fsp3) is 0.118. The molecular weight excluding hydrogens is 333 g/mol. The van der Waals surface area contributed by atoms with Gasteiger partial charge < -0.3 is 4.90 Å². The van der Waals surface area contributed by atoms with Gasteiger partial charge in [-0.15, -0.1) is 0 Å². The molecule has 1 amide bonds. The van der Waals surface area contributed by atoms with E-state index >= 15 is 0 Å². The van der Waals surface area contributed by atoms with Gasteiger partial charge in [0.15, 0.2) is 0 Å². The van der Waals surface area contributed by atoms with Crippen molar-refractivity contribution in [3.63, 3.8) is 0 Å². The highest BCUT2D eigenvalue weighted by Gasteiger charge is 2.05. The maximum absolute atomic E-state index is 12.8. The molecule has 0 aliphatic heterocycles. The largest absolute Gasteiger partial charge is 0.338 e. The van der Waals surface area contributed by atoms with E-state index in [9.17, 15) is 9.18 Å².